The first-order valence-electron chi connectivity index (χ1n) is 4.31. The standard InChI is InChI=1S/C9H11FO4S/c10-8-2-4-9(5-3-8)14-6-1-7-15(11,12)13/h2-5H,1,6-7H2,(H,11,12,13). The zero-order chi connectivity index (χ0) is 11.3. The second-order valence-corrected chi connectivity index (χ2v) is 4.51. The van der Waals surface area contributed by atoms with Crippen LogP contribution in [0, 0.1) is 5.82 Å². The van der Waals surface area contributed by atoms with Crippen LogP contribution in [0.15, 0.2) is 24.3 Å². The largest absolute Gasteiger partial charge is 0.494 e. The van der Waals surface area contributed by atoms with Crippen LogP contribution in [-0.2, 0) is 10.1 Å². The Bertz CT molecular complexity index is 399. The molecule has 0 saturated heterocycles. The third-order valence-corrected chi connectivity index (χ3v) is 2.43. The van der Waals surface area contributed by atoms with Crippen LogP contribution >= 0.6 is 0 Å². The lowest BCUT2D eigenvalue weighted by molar-refractivity contribution is 0.315. The molecule has 0 aliphatic heterocycles. The second kappa shape index (κ2) is 5.09. The van der Waals surface area contributed by atoms with Crippen LogP contribution in [-0.4, -0.2) is 25.3 Å². The van der Waals surface area contributed by atoms with E-state index in [0.717, 1.165) is 0 Å². The molecular formula is C9H11FO4S. The van der Waals surface area contributed by atoms with Gasteiger partial charge in [-0.05, 0) is 30.7 Å². The van der Waals surface area contributed by atoms with Crippen molar-refractivity contribution < 1.29 is 22.1 Å². The molecule has 1 rings (SSSR count). The first kappa shape index (κ1) is 11.9. The Morgan fingerprint density at radius 3 is 2.40 bits per heavy atom. The van der Waals surface area contributed by atoms with Gasteiger partial charge in [-0.2, -0.15) is 8.42 Å². The molecule has 15 heavy (non-hydrogen) atoms. The molecule has 6 heteroatoms. The number of rotatable bonds is 5. The van der Waals surface area contributed by atoms with Crippen LogP contribution in [0.1, 0.15) is 6.42 Å². The summed E-state index contributed by atoms with van der Waals surface area (Å²) in [5.74, 6) is -0.235. The highest BCUT2D eigenvalue weighted by Gasteiger charge is 2.03. The summed E-state index contributed by atoms with van der Waals surface area (Å²) in [5, 5.41) is 0. The summed E-state index contributed by atoms with van der Waals surface area (Å²) in [4.78, 5) is 0. The Labute approximate surface area is 87.4 Å². The van der Waals surface area contributed by atoms with Crippen molar-refractivity contribution in [2.75, 3.05) is 12.4 Å². The first-order chi connectivity index (χ1) is 6.97. The van der Waals surface area contributed by atoms with Crippen molar-refractivity contribution in [2.24, 2.45) is 0 Å². The average Bonchev–Trinajstić information content (AvgIpc) is 2.14. The lowest BCUT2D eigenvalue weighted by Crippen LogP contribution is -2.08. The molecule has 0 aliphatic rings. The lowest BCUT2D eigenvalue weighted by Gasteiger charge is -2.04. The highest BCUT2D eigenvalue weighted by Crippen LogP contribution is 2.11. The molecule has 0 atom stereocenters. The van der Waals surface area contributed by atoms with Gasteiger partial charge in [-0.1, -0.05) is 0 Å². The van der Waals surface area contributed by atoms with Crippen molar-refractivity contribution in [1.82, 2.24) is 0 Å². The summed E-state index contributed by atoms with van der Waals surface area (Å²) in [6, 6.07) is 5.39. The summed E-state index contributed by atoms with van der Waals surface area (Å²) >= 11 is 0. The molecule has 0 fully saturated rings. The molecule has 0 unspecified atom stereocenters. The smallest absolute Gasteiger partial charge is 0.264 e. The maximum Gasteiger partial charge on any atom is 0.264 e. The van der Waals surface area contributed by atoms with Gasteiger partial charge in [0.1, 0.15) is 11.6 Å². The van der Waals surface area contributed by atoms with E-state index in [2.05, 4.69) is 0 Å². The van der Waals surface area contributed by atoms with E-state index in [1.54, 1.807) is 0 Å². The van der Waals surface area contributed by atoms with Crippen molar-refractivity contribution in [3.63, 3.8) is 0 Å². The fourth-order valence-electron chi connectivity index (χ4n) is 0.962. The van der Waals surface area contributed by atoms with Gasteiger partial charge in [0.2, 0.25) is 0 Å². The molecular weight excluding hydrogens is 223 g/mol. The molecule has 0 radical (unpaired) electrons. The van der Waals surface area contributed by atoms with E-state index in [1.165, 1.54) is 24.3 Å². The minimum absolute atomic E-state index is 0.158. The van der Waals surface area contributed by atoms with E-state index in [0.29, 0.717) is 5.75 Å². The van der Waals surface area contributed by atoms with Gasteiger partial charge in [0, 0.05) is 0 Å². The predicted molar refractivity (Wildman–Crippen MR) is 52.9 cm³/mol. The van der Waals surface area contributed by atoms with Gasteiger partial charge >= 0.3 is 0 Å². The van der Waals surface area contributed by atoms with E-state index >= 15 is 0 Å². The van der Waals surface area contributed by atoms with Crippen LogP contribution in [0.4, 0.5) is 4.39 Å². The minimum atomic E-state index is -3.93. The van der Waals surface area contributed by atoms with Gasteiger partial charge in [0.15, 0.2) is 0 Å². The van der Waals surface area contributed by atoms with E-state index < -0.39 is 10.1 Å². The summed E-state index contributed by atoms with van der Waals surface area (Å²) < 4.78 is 46.7. The number of halogens is 1. The molecule has 0 saturated carbocycles. The van der Waals surface area contributed by atoms with Crippen molar-refractivity contribution in [3.8, 4) is 5.75 Å². The van der Waals surface area contributed by atoms with Crippen molar-refractivity contribution in [2.45, 2.75) is 6.42 Å². The molecule has 0 bridgehead atoms. The molecule has 0 aliphatic carbocycles. The fraction of sp³-hybridized carbons (Fsp3) is 0.333. The summed E-state index contributed by atoms with van der Waals surface area (Å²) in [6.07, 6.45) is 0.191. The molecule has 0 heterocycles. The van der Waals surface area contributed by atoms with Gasteiger partial charge in [-0.15, -0.1) is 0 Å². The molecule has 1 N–H and O–H groups in total. The Morgan fingerprint density at radius 1 is 1.27 bits per heavy atom. The molecule has 0 aromatic heterocycles. The molecule has 1 aromatic rings. The van der Waals surface area contributed by atoms with Gasteiger partial charge < -0.3 is 4.74 Å². The quantitative estimate of drug-likeness (QED) is 0.619. The van der Waals surface area contributed by atoms with Crippen LogP contribution in [0.2, 0.25) is 0 Å². The van der Waals surface area contributed by atoms with Crippen LogP contribution < -0.4 is 4.74 Å². The first-order valence-corrected chi connectivity index (χ1v) is 5.92. The Hall–Kier alpha value is -1.14. The molecule has 0 spiro atoms. The normalized spacial score (nSPS) is 11.3. The number of hydrogen-bond acceptors (Lipinski definition) is 3. The summed E-state index contributed by atoms with van der Waals surface area (Å²) in [6.45, 7) is 0.158. The fourth-order valence-corrected chi connectivity index (χ4v) is 1.44. The van der Waals surface area contributed by atoms with E-state index in [-0.39, 0.29) is 24.6 Å². The maximum absolute atomic E-state index is 12.5. The van der Waals surface area contributed by atoms with Crippen LogP contribution in [0.25, 0.3) is 0 Å². The van der Waals surface area contributed by atoms with E-state index in [1.807, 2.05) is 0 Å². The SMILES string of the molecule is O=S(=O)(O)CCCOc1ccc(F)cc1. The Balaban J connectivity index is 2.29. The monoisotopic (exact) mass is 234 g/mol. The summed E-state index contributed by atoms with van der Waals surface area (Å²) in [5.41, 5.74) is 0. The summed E-state index contributed by atoms with van der Waals surface area (Å²) in [7, 11) is -3.93. The Morgan fingerprint density at radius 2 is 1.87 bits per heavy atom. The van der Waals surface area contributed by atoms with Crippen molar-refractivity contribution in [3.05, 3.63) is 30.1 Å². The third kappa shape index (κ3) is 5.34. The topological polar surface area (TPSA) is 63.6 Å². The average molecular weight is 234 g/mol. The van der Waals surface area contributed by atoms with Crippen molar-refractivity contribution >= 4 is 10.1 Å². The third-order valence-electron chi connectivity index (χ3n) is 1.63. The van der Waals surface area contributed by atoms with E-state index in [4.69, 9.17) is 9.29 Å². The molecule has 84 valence electrons. The van der Waals surface area contributed by atoms with Crippen LogP contribution in [0.5, 0.6) is 5.75 Å². The highest BCUT2D eigenvalue weighted by atomic mass is 32.2. The van der Waals surface area contributed by atoms with E-state index in [9.17, 15) is 12.8 Å². The van der Waals surface area contributed by atoms with Crippen molar-refractivity contribution in [1.29, 1.82) is 0 Å². The minimum Gasteiger partial charge on any atom is -0.494 e. The molecule has 1 aromatic carbocycles. The van der Waals surface area contributed by atoms with Gasteiger partial charge in [0.05, 0.1) is 12.4 Å². The van der Waals surface area contributed by atoms with Crippen LogP contribution in [0.3, 0.4) is 0 Å². The highest BCUT2D eigenvalue weighted by molar-refractivity contribution is 7.85. The zero-order valence-electron chi connectivity index (χ0n) is 7.89. The van der Waals surface area contributed by atoms with Gasteiger partial charge in [0.25, 0.3) is 10.1 Å². The Kier molecular flexibility index (Phi) is 4.05. The second-order valence-electron chi connectivity index (χ2n) is 2.94. The number of hydrogen-bond donors (Lipinski definition) is 1. The zero-order valence-corrected chi connectivity index (χ0v) is 8.71. The maximum atomic E-state index is 12.5. The predicted octanol–water partition coefficient (Wildman–Crippen LogP) is 1.48. The number of benzene rings is 1. The molecule has 4 nitrogen and oxygen atoms in total. The number of ether oxygens (including phenoxy) is 1. The van der Waals surface area contributed by atoms with Gasteiger partial charge in [-0.3, -0.25) is 4.55 Å². The molecule has 0 amide bonds. The van der Waals surface area contributed by atoms with Gasteiger partial charge in [-0.25, -0.2) is 4.39 Å². The lowest BCUT2D eigenvalue weighted by atomic mass is 10.3.